The number of nitrogens with zero attached hydrogens (tertiary/aromatic N) is 4. The van der Waals surface area contributed by atoms with Gasteiger partial charge in [0, 0.05) is 37.9 Å². The van der Waals surface area contributed by atoms with Gasteiger partial charge >= 0.3 is 6.03 Å². The van der Waals surface area contributed by atoms with E-state index in [9.17, 15) is 9.18 Å². The lowest BCUT2D eigenvalue weighted by atomic mass is 10.0. The molecule has 6 nitrogen and oxygen atoms in total. The summed E-state index contributed by atoms with van der Waals surface area (Å²) in [5.41, 5.74) is 2.81. The lowest BCUT2D eigenvalue weighted by Gasteiger charge is -2.34. The van der Waals surface area contributed by atoms with Crippen LogP contribution in [0.1, 0.15) is 36.7 Å². The van der Waals surface area contributed by atoms with Gasteiger partial charge in [-0.2, -0.15) is 5.10 Å². The zero-order valence-corrected chi connectivity index (χ0v) is 16.6. The van der Waals surface area contributed by atoms with Gasteiger partial charge in [-0.3, -0.25) is 4.68 Å². The van der Waals surface area contributed by atoms with Gasteiger partial charge in [0.05, 0.1) is 17.4 Å². The van der Waals surface area contributed by atoms with Gasteiger partial charge in [0.1, 0.15) is 5.82 Å². The highest BCUT2D eigenvalue weighted by Gasteiger charge is 2.30. The minimum atomic E-state index is -0.183. The second-order valence-electron chi connectivity index (χ2n) is 7.92. The molecule has 7 heteroatoms. The topological polar surface area (TPSA) is 53.4 Å². The number of hydrogen-bond donors (Lipinski definition) is 1. The monoisotopic (exact) mass is 385 g/mol. The Morgan fingerprint density at radius 3 is 2.57 bits per heavy atom. The Morgan fingerprint density at radius 2 is 1.89 bits per heavy atom. The van der Waals surface area contributed by atoms with E-state index in [1.807, 2.05) is 24.0 Å². The molecule has 2 aliphatic rings. The van der Waals surface area contributed by atoms with Crippen LogP contribution in [0.2, 0.25) is 0 Å². The van der Waals surface area contributed by atoms with Crippen LogP contribution in [0.5, 0.6) is 0 Å². The fourth-order valence-corrected chi connectivity index (χ4v) is 4.38. The number of likely N-dealkylation sites (tertiary alicyclic amines) is 1. The Bertz CT molecular complexity index is 843. The van der Waals surface area contributed by atoms with Crippen LogP contribution in [-0.4, -0.2) is 52.9 Å². The third-order valence-corrected chi connectivity index (χ3v) is 5.86. The van der Waals surface area contributed by atoms with Crippen molar-refractivity contribution in [1.29, 1.82) is 0 Å². The number of rotatable bonds is 3. The second-order valence-corrected chi connectivity index (χ2v) is 7.92. The molecule has 0 spiro atoms. The Morgan fingerprint density at radius 1 is 1.14 bits per heavy atom. The maximum atomic E-state index is 14.0. The van der Waals surface area contributed by atoms with Crippen molar-refractivity contribution < 1.29 is 9.18 Å². The van der Waals surface area contributed by atoms with E-state index in [0.717, 1.165) is 50.3 Å². The summed E-state index contributed by atoms with van der Waals surface area (Å²) in [4.78, 5) is 16.7. The number of hydrogen-bond acceptors (Lipinski definition) is 3. The van der Waals surface area contributed by atoms with E-state index >= 15 is 0 Å². The molecule has 1 N–H and O–H groups in total. The Hall–Kier alpha value is -2.57. The maximum absolute atomic E-state index is 14.0. The Kier molecular flexibility index (Phi) is 5.24. The molecule has 2 aromatic rings. The molecular formula is C21H28FN5O. The summed E-state index contributed by atoms with van der Waals surface area (Å²) in [6.45, 7) is 7.01. The molecule has 0 aliphatic carbocycles. The van der Waals surface area contributed by atoms with E-state index in [-0.39, 0.29) is 23.9 Å². The van der Waals surface area contributed by atoms with Gasteiger partial charge in [-0.1, -0.05) is 12.1 Å². The molecule has 2 amide bonds. The van der Waals surface area contributed by atoms with E-state index < -0.39 is 0 Å². The summed E-state index contributed by atoms with van der Waals surface area (Å²) in [7, 11) is 0. The minimum Gasteiger partial charge on any atom is -0.369 e. The number of carbonyl (C=O) groups excluding carboxylic acids is 1. The number of aromatic nitrogens is 2. The zero-order chi connectivity index (χ0) is 19.7. The Balaban J connectivity index is 1.28. The van der Waals surface area contributed by atoms with Crippen LogP contribution in [0.4, 0.5) is 14.9 Å². The van der Waals surface area contributed by atoms with Crippen molar-refractivity contribution >= 4 is 11.7 Å². The van der Waals surface area contributed by atoms with Crippen molar-refractivity contribution in [2.24, 2.45) is 0 Å². The number of carbonyl (C=O) groups is 1. The molecular weight excluding hydrogens is 357 g/mol. The number of piperidine rings is 1. The maximum Gasteiger partial charge on any atom is 0.317 e. The fraction of sp³-hybridized carbons (Fsp3) is 0.524. The Labute approximate surface area is 165 Å². The third kappa shape index (κ3) is 3.84. The van der Waals surface area contributed by atoms with Gasteiger partial charge < -0.3 is 15.1 Å². The van der Waals surface area contributed by atoms with Gasteiger partial charge in [0.25, 0.3) is 0 Å². The van der Waals surface area contributed by atoms with E-state index in [1.54, 1.807) is 6.07 Å². The van der Waals surface area contributed by atoms with Gasteiger partial charge in [0.15, 0.2) is 0 Å². The molecule has 0 saturated carbocycles. The predicted molar refractivity (Wildman–Crippen MR) is 107 cm³/mol. The van der Waals surface area contributed by atoms with Crippen molar-refractivity contribution in [3.63, 3.8) is 0 Å². The average Bonchev–Trinajstić information content (AvgIpc) is 3.29. The lowest BCUT2D eigenvalue weighted by molar-refractivity contribution is 0.200. The minimum absolute atomic E-state index is 0.00775. The summed E-state index contributed by atoms with van der Waals surface area (Å²) >= 11 is 0. The molecule has 2 saturated heterocycles. The van der Waals surface area contributed by atoms with E-state index in [2.05, 4.69) is 33.0 Å². The molecule has 1 unspecified atom stereocenters. The van der Waals surface area contributed by atoms with Gasteiger partial charge in [0.2, 0.25) is 0 Å². The molecule has 0 bridgehead atoms. The molecule has 1 aromatic carbocycles. The molecule has 4 rings (SSSR count). The number of para-hydroxylation sites is 1. The first-order chi connectivity index (χ1) is 13.5. The summed E-state index contributed by atoms with van der Waals surface area (Å²) in [6.07, 6.45) is 2.59. The third-order valence-electron chi connectivity index (χ3n) is 5.86. The predicted octanol–water partition coefficient (Wildman–Crippen LogP) is 3.26. The molecule has 1 atom stereocenters. The van der Waals surface area contributed by atoms with E-state index in [1.165, 1.54) is 6.07 Å². The molecule has 150 valence electrons. The van der Waals surface area contributed by atoms with Crippen molar-refractivity contribution in [2.45, 2.75) is 45.2 Å². The van der Waals surface area contributed by atoms with Crippen LogP contribution in [0.15, 0.2) is 30.3 Å². The number of anilines is 1. The van der Waals surface area contributed by atoms with E-state index in [0.29, 0.717) is 12.2 Å². The smallest absolute Gasteiger partial charge is 0.317 e. The standard InChI is InChI=1S/C21H28FN5O/c1-15-13-16(2)27(24-15)18-9-12-26(14-18)21(28)23-17-7-10-25(11-8-17)20-6-4-3-5-19(20)22/h3-6,13,17-18H,7-12,14H2,1-2H3,(H,23,28). The van der Waals surface area contributed by atoms with Crippen LogP contribution in [0, 0.1) is 19.7 Å². The largest absolute Gasteiger partial charge is 0.369 e. The lowest BCUT2D eigenvalue weighted by Crippen LogP contribution is -2.49. The summed E-state index contributed by atoms with van der Waals surface area (Å²) in [5, 5.41) is 7.74. The van der Waals surface area contributed by atoms with Gasteiger partial charge in [-0.05, 0) is 51.3 Å². The van der Waals surface area contributed by atoms with Gasteiger partial charge in [-0.15, -0.1) is 0 Å². The summed E-state index contributed by atoms with van der Waals surface area (Å²) in [6, 6.07) is 9.36. The zero-order valence-electron chi connectivity index (χ0n) is 16.6. The number of aryl methyl sites for hydroxylation is 2. The van der Waals surface area contributed by atoms with E-state index in [4.69, 9.17) is 0 Å². The van der Waals surface area contributed by atoms with Crippen LogP contribution < -0.4 is 10.2 Å². The number of nitrogens with one attached hydrogen (secondary N) is 1. The van der Waals surface area contributed by atoms with Crippen molar-refractivity contribution in [3.8, 4) is 0 Å². The number of amides is 2. The highest BCUT2D eigenvalue weighted by atomic mass is 19.1. The average molecular weight is 385 g/mol. The fourth-order valence-electron chi connectivity index (χ4n) is 4.38. The van der Waals surface area contributed by atoms with Crippen LogP contribution in [0.25, 0.3) is 0 Å². The second kappa shape index (κ2) is 7.81. The van der Waals surface area contributed by atoms with Crippen LogP contribution in [0.3, 0.4) is 0 Å². The molecule has 2 fully saturated rings. The molecule has 2 aliphatic heterocycles. The first-order valence-corrected chi connectivity index (χ1v) is 10.1. The van der Waals surface area contributed by atoms with Crippen molar-refractivity contribution in [2.75, 3.05) is 31.1 Å². The number of urea groups is 1. The molecule has 1 aromatic heterocycles. The summed E-state index contributed by atoms with van der Waals surface area (Å²) in [5.74, 6) is -0.183. The molecule has 0 radical (unpaired) electrons. The first-order valence-electron chi connectivity index (χ1n) is 10.1. The molecule has 28 heavy (non-hydrogen) atoms. The van der Waals surface area contributed by atoms with Crippen molar-refractivity contribution in [1.82, 2.24) is 20.0 Å². The first kappa shape index (κ1) is 18.8. The van der Waals surface area contributed by atoms with Crippen molar-refractivity contribution in [3.05, 3.63) is 47.5 Å². The quantitative estimate of drug-likeness (QED) is 0.882. The number of halogens is 1. The summed E-state index contributed by atoms with van der Waals surface area (Å²) < 4.78 is 16.0. The van der Waals surface area contributed by atoms with Crippen LogP contribution >= 0.6 is 0 Å². The van der Waals surface area contributed by atoms with Gasteiger partial charge in [-0.25, -0.2) is 9.18 Å². The SMILES string of the molecule is Cc1cc(C)n(C2CCN(C(=O)NC3CCN(c4ccccc4F)CC3)C2)n1. The van der Waals surface area contributed by atoms with Crippen LogP contribution in [-0.2, 0) is 0 Å². The normalized spacial score (nSPS) is 20.6. The number of benzene rings is 1. The highest BCUT2D eigenvalue weighted by Crippen LogP contribution is 2.25. The molecule has 3 heterocycles. The highest BCUT2D eigenvalue weighted by molar-refractivity contribution is 5.75.